The Kier molecular flexibility index (Phi) is 11.3. The first-order chi connectivity index (χ1) is 19.8. The van der Waals surface area contributed by atoms with Gasteiger partial charge in [0.2, 0.25) is 0 Å². The number of rotatable bonds is 7. The van der Waals surface area contributed by atoms with Crippen LogP contribution in [0.15, 0.2) is 30.3 Å². The largest absolute Gasteiger partial charge is 0.490 e. The Balaban J connectivity index is 0.000000616. The third-order valence-electron chi connectivity index (χ3n) is 6.55. The molecule has 1 amide bonds. The minimum atomic E-state index is -5.08. The Morgan fingerprint density at radius 1 is 1.05 bits per heavy atom. The lowest BCUT2D eigenvalue weighted by molar-refractivity contribution is -0.192. The molecule has 2 heterocycles. The maximum Gasteiger partial charge on any atom is 0.490 e. The molecule has 1 aromatic heterocycles. The van der Waals surface area contributed by atoms with Crippen molar-refractivity contribution in [2.24, 2.45) is 0 Å². The molecule has 12 nitrogen and oxygen atoms in total. The molecule has 4 rings (SSSR count). The summed E-state index contributed by atoms with van der Waals surface area (Å²) in [5.41, 5.74) is 0.684. The van der Waals surface area contributed by atoms with Crippen molar-refractivity contribution >= 4 is 35.3 Å². The third kappa shape index (κ3) is 9.74. The van der Waals surface area contributed by atoms with Gasteiger partial charge in [-0.2, -0.15) is 18.4 Å². The number of benzene rings is 1. The van der Waals surface area contributed by atoms with Crippen LogP contribution in [0.5, 0.6) is 5.75 Å². The number of ether oxygens (including phenoxy) is 1. The molecule has 42 heavy (non-hydrogen) atoms. The molecule has 16 heteroatoms. The van der Waals surface area contributed by atoms with Crippen molar-refractivity contribution in [3.8, 4) is 11.8 Å². The van der Waals surface area contributed by atoms with E-state index in [4.69, 9.17) is 36.6 Å². The van der Waals surface area contributed by atoms with E-state index in [1.807, 2.05) is 15.9 Å². The summed E-state index contributed by atoms with van der Waals surface area (Å²) in [4.78, 5) is 36.3. The molecule has 226 valence electrons. The number of hydrogen-bond donors (Lipinski definition) is 3. The van der Waals surface area contributed by atoms with Gasteiger partial charge < -0.3 is 25.2 Å². The number of anilines is 1. The lowest BCUT2D eigenvalue weighted by atomic mass is 9.93. The molecule has 0 radical (unpaired) electrons. The zero-order chi connectivity index (χ0) is 30.9. The van der Waals surface area contributed by atoms with Crippen molar-refractivity contribution in [2.45, 2.75) is 44.0 Å². The van der Waals surface area contributed by atoms with Gasteiger partial charge in [0.15, 0.2) is 11.5 Å². The monoisotopic (exact) mass is 612 g/mol. The van der Waals surface area contributed by atoms with Crippen molar-refractivity contribution in [1.29, 1.82) is 5.26 Å². The van der Waals surface area contributed by atoms with Crippen molar-refractivity contribution in [2.75, 3.05) is 37.6 Å². The number of carboxylic acid groups (broad SMARTS) is 2. The van der Waals surface area contributed by atoms with E-state index < -0.39 is 18.1 Å². The fourth-order valence-corrected chi connectivity index (χ4v) is 4.59. The van der Waals surface area contributed by atoms with E-state index in [1.54, 1.807) is 30.3 Å². The maximum atomic E-state index is 12.7. The number of nitrogens with one attached hydrogen (secondary N) is 1. The van der Waals surface area contributed by atoms with Crippen LogP contribution in [-0.2, 0) is 9.59 Å². The number of carbonyl (C=O) groups excluding carboxylic acids is 1. The highest BCUT2D eigenvalue weighted by Gasteiger charge is 2.38. The molecule has 1 saturated heterocycles. The second-order valence-electron chi connectivity index (χ2n) is 9.56. The number of hydrogen-bond acceptors (Lipinski definition) is 9. The van der Waals surface area contributed by atoms with Crippen molar-refractivity contribution in [1.82, 2.24) is 20.4 Å². The van der Waals surface area contributed by atoms with Crippen LogP contribution in [-0.4, -0.2) is 94.2 Å². The van der Waals surface area contributed by atoms with Gasteiger partial charge >= 0.3 is 18.1 Å². The minimum Gasteiger partial charge on any atom is -0.490 e. The quantitative estimate of drug-likeness (QED) is 0.420. The van der Waals surface area contributed by atoms with Crippen molar-refractivity contribution in [3.05, 3.63) is 46.6 Å². The summed E-state index contributed by atoms with van der Waals surface area (Å²) in [7, 11) is 0. The topological polar surface area (TPSA) is 169 Å². The van der Waals surface area contributed by atoms with Crippen LogP contribution < -0.4 is 15.0 Å². The van der Waals surface area contributed by atoms with Gasteiger partial charge in [-0.3, -0.25) is 14.5 Å². The van der Waals surface area contributed by atoms with Gasteiger partial charge in [-0.1, -0.05) is 11.6 Å². The normalized spacial score (nSPS) is 19.1. The SMILES string of the molecule is N#Cc1ccc(OC2CCC(NC(=O)c3ccc(N4CCN(CC(=O)O)CC4)nn3)CC2)cc1Cl.O=C(O)C(F)(F)F. The van der Waals surface area contributed by atoms with Gasteiger partial charge in [-0.05, 0) is 49.9 Å². The number of piperazine rings is 1. The van der Waals surface area contributed by atoms with Crippen LogP contribution in [0, 0.1) is 11.3 Å². The second-order valence-corrected chi connectivity index (χ2v) is 9.96. The number of aromatic nitrogens is 2. The summed E-state index contributed by atoms with van der Waals surface area (Å²) < 4.78 is 37.7. The van der Waals surface area contributed by atoms with E-state index in [2.05, 4.69) is 15.5 Å². The molecule has 0 bridgehead atoms. The number of carbonyl (C=O) groups is 3. The zero-order valence-electron chi connectivity index (χ0n) is 22.2. The van der Waals surface area contributed by atoms with Gasteiger partial charge in [0.05, 0.1) is 23.2 Å². The number of amides is 1. The van der Waals surface area contributed by atoms with Crippen LogP contribution in [0.1, 0.15) is 41.7 Å². The van der Waals surface area contributed by atoms with E-state index in [0.29, 0.717) is 48.3 Å². The predicted molar refractivity (Wildman–Crippen MR) is 142 cm³/mol. The van der Waals surface area contributed by atoms with Crippen LogP contribution >= 0.6 is 11.6 Å². The summed E-state index contributed by atoms with van der Waals surface area (Å²) in [5, 5.41) is 36.7. The summed E-state index contributed by atoms with van der Waals surface area (Å²) in [6.07, 6.45) is -1.90. The standard InChI is InChI=1S/C24H27ClN6O4.C2HF3O2/c25-20-13-19(4-1-16(20)14-26)35-18-5-2-17(3-6-18)27-24(34)21-7-8-22(29-28-21)31-11-9-30(10-12-31)15-23(32)33;3-2(4,5)1(6)7/h1,4,7-8,13,17-18H,2-3,5-6,9-12,15H2,(H,27,34)(H,32,33);(H,6,7). The Bertz CT molecular complexity index is 1290. The highest BCUT2D eigenvalue weighted by molar-refractivity contribution is 6.31. The van der Waals surface area contributed by atoms with Crippen LogP contribution in [0.3, 0.4) is 0 Å². The lowest BCUT2D eigenvalue weighted by Crippen LogP contribution is -2.48. The molecule has 0 unspecified atom stereocenters. The lowest BCUT2D eigenvalue weighted by Gasteiger charge is -2.34. The molecule has 0 spiro atoms. The molecule has 1 aromatic carbocycles. The molecular formula is C26H28ClF3N6O6. The summed E-state index contributed by atoms with van der Waals surface area (Å²) in [6, 6.07) is 10.6. The minimum absolute atomic E-state index is 0.0298. The van der Waals surface area contributed by atoms with E-state index >= 15 is 0 Å². The third-order valence-corrected chi connectivity index (χ3v) is 6.87. The Hall–Kier alpha value is -4.16. The summed E-state index contributed by atoms with van der Waals surface area (Å²) >= 11 is 6.08. The molecule has 2 fully saturated rings. The number of alkyl halides is 3. The molecule has 2 aromatic rings. The Morgan fingerprint density at radius 3 is 2.19 bits per heavy atom. The van der Waals surface area contributed by atoms with Gasteiger partial charge in [0.25, 0.3) is 5.91 Å². The van der Waals surface area contributed by atoms with Gasteiger partial charge in [-0.15, -0.1) is 10.2 Å². The number of aliphatic carboxylic acids is 2. The molecule has 1 aliphatic carbocycles. The molecule has 1 saturated carbocycles. The zero-order valence-corrected chi connectivity index (χ0v) is 22.9. The van der Waals surface area contributed by atoms with Gasteiger partial charge in [0, 0.05) is 38.3 Å². The average Bonchev–Trinajstić information content (AvgIpc) is 2.94. The molecule has 1 aliphatic heterocycles. The summed E-state index contributed by atoms with van der Waals surface area (Å²) in [6.45, 7) is 2.64. The van der Waals surface area contributed by atoms with Gasteiger partial charge in [-0.25, -0.2) is 4.79 Å². The first-order valence-electron chi connectivity index (χ1n) is 12.9. The Morgan fingerprint density at radius 2 is 1.69 bits per heavy atom. The Labute approximate surface area is 243 Å². The second kappa shape index (κ2) is 14.6. The first kappa shape index (κ1) is 32.4. The fraction of sp³-hybridized carbons (Fsp3) is 0.462. The number of nitrogens with zero attached hydrogens (tertiary/aromatic N) is 5. The number of halogens is 4. The summed E-state index contributed by atoms with van der Waals surface area (Å²) in [5.74, 6) is -2.52. The van der Waals surface area contributed by atoms with Crippen LogP contribution in [0.4, 0.5) is 19.0 Å². The van der Waals surface area contributed by atoms with Crippen molar-refractivity contribution < 1.29 is 42.5 Å². The van der Waals surface area contributed by atoms with Crippen molar-refractivity contribution in [3.63, 3.8) is 0 Å². The predicted octanol–water partition coefficient (Wildman–Crippen LogP) is 2.96. The smallest absolute Gasteiger partial charge is 0.490 e. The highest BCUT2D eigenvalue weighted by Crippen LogP contribution is 2.27. The van der Waals surface area contributed by atoms with Crippen LogP contribution in [0.25, 0.3) is 0 Å². The average molecular weight is 613 g/mol. The number of nitriles is 1. The van der Waals surface area contributed by atoms with E-state index in [9.17, 15) is 22.8 Å². The van der Waals surface area contributed by atoms with Gasteiger partial charge in [0.1, 0.15) is 11.8 Å². The van der Waals surface area contributed by atoms with Crippen LogP contribution in [0.2, 0.25) is 5.02 Å². The molecular weight excluding hydrogens is 585 g/mol. The molecule has 3 N–H and O–H groups in total. The highest BCUT2D eigenvalue weighted by atomic mass is 35.5. The number of carboxylic acids is 2. The fourth-order valence-electron chi connectivity index (χ4n) is 4.38. The molecule has 2 aliphatic rings. The van der Waals surface area contributed by atoms with E-state index in [0.717, 1.165) is 25.7 Å². The first-order valence-corrected chi connectivity index (χ1v) is 13.2. The maximum absolute atomic E-state index is 12.7. The molecule has 0 atom stereocenters. The van der Waals surface area contributed by atoms with E-state index in [-0.39, 0.29) is 30.3 Å². The van der Waals surface area contributed by atoms with E-state index in [1.165, 1.54) is 0 Å².